The van der Waals surface area contributed by atoms with Gasteiger partial charge in [-0.25, -0.2) is 4.79 Å². The number of alkyl halides is 6. The van der Waals surface area contributed by atoms with Gasteiger partial charge in [0.1, 0.15) is 11.3 Å². The minimum Gasteiger partial charge on any atom is -0.493 e. The fourth-order valence-electron chi connectivity index (χ4n) is 4.33. The Morgan fingerprint density at radius 1 is 1.00 bits per heavy atom. The topological polar surface area (TPSA) is 78.9 Å². The van der Waals surface area contributed by atoms with Crippen LogP contribution < -0.4 is 10.1 Å². The van der Waals surface area contributed by atoms with Gasteiger partial charge in [-0.2, -0.15) is 26.3 Å². The second kappa shape index (κ2) is 11.4. The van der Waals surface area contributed by atoms with Crippen molar-refractivity contribution in [1.29, 1.82) is 0 Å². The van der Waals surface area contributed by atoms with Gasteiger partial charge in [-0.1, -0.05) is 47.5 Å². The predicted octanol–water partition coefficient (Wildman–Crippen LogP) is 6.34. The van der Waals surface area contributed by atoms with E-state index in [-0.39, 0.29) is 30.9 Å². The molecule has 0 saturated carbocycles. The molecule has 2 aromatic rings. The summed E-state index contributed by atoms with van der Waals surface area (Å²) in [5, 5.41) is 12.4. The van der Waals surface area contributed by atoms with E-state index in [4.69, 9.17) is 4.74 Å². The number of rotatable bonds is 10. The Labute approximate surface area is 229 Å². The first-order valence-corrected chi connectivity index (χ1v) is 12.9. The number of amides is 3. The number of urea groups is 1. The van der Waals surface area contributed by atoms with Crippen LogP contribution in [0.2, 0.25) is 0 Å². The SMILES string of the molecule is CCCc1cc(C(O)(C(F)(F)F)C(F)(F)F)ccc1OCCCCN1C(=O)NC(C)(c2ccc(Br)cc2)C1=O. The van der Waals surface area contributed by atoms with Gasteiger partial charge in [-0.05, 0) is 61.6 Å². The van der Waals surface area contributed by atoms with Crippen LogP contribution in [0.5, 0.6) is 5.75 Å². The highest BCUT2D eigenvalue weighted by Crippen LogP contribution is 2.50. The third-order valence-electron chi connectivity index (χ3n) is 6.55. The number of nitrogens with one attached hydrogen (secondary N) is 1. The third kappa shape index (κ3) is 6.03. The largest absolute Gasteiger partial charge is 0.493 e. The lowest BCUT2D eigenvalue weighted by Crippen LogP contribution is -2.53. The van der Waals surface area contributed by atoms with Crippen LogP contribution in [0.25, 0.3) is 0 Å². The van der Waals surface area contributed by atoms with Gasteiger partial charge in [0.15, 0.2) is 0 Å². The van der Waals surface area contributed by atoms with Gasteiger partial charge in [0.05, 0.1) is 6.61 Å². The number of aryl methyl sites for hydroxylation is 1. The molecule has 1 saturated heterocycles. The number of halogens is 7. The van der Waals surface area contributed by atoms with Crippen molar-refractivity contribution in [3.63, 3.8) is 0 Å². The molecule has 0 spiro atoms. The zero-order valence-electron chi connectivity index (χ0n) is 21.0. The molecule has 1 unspecified atom stereocenters. The molecule has 0 bridgehead atoms. The van der Waals surface area contributed by atoms with E-state index in [1.54, 1.807) is 38.1 Å². The Hall–Kier alpha value is -2.80. The molecule has 1 atom stereocenters. The Bertz CT molecular complexity index is 1190. The Kier molecular flexibility index (Phi) is 8.95. The molecule has 1 fully saturated rings. The molecule has 3 rings (SSSR count). The molecule has 6 nitrogen and oxygen atoms in total. The standard InChI is InChI=1S/C26H27BrF6N2O4/c1-3-6-16-15-18(24(38,25(28,29)30)26(31,32)33)9-12-20(16)39-14-5-4-13-35-21(36)23(2,34-22(35)37)17-7-10-19(27)11-8-17/h7-12,15,38H,3-6,13-14H2,1-2H3,(H,34,37). The van der Waals surface area contributed by atoms with Crippen molar-refractivity contribution in [2.45, 2.75) is 63.0 Å². The Balaban J connectivity index is 1.64. The van der Waals surface area contributed by atoms with Gasteiger partial charge < -0.3 is 15.2 Å². The second-order valence-corrected chi connectivity index (χ2v) is 10.3. The van der Waals surface area contributed by atoms with Crippen molar-refractivity contribution < 1.29 is 45.8 Å². The number of imide groups is 1. The first-order chi connectivity index (χ1) is 18.1. The van der Waals surface area contributed by atoms with Crippen molar-refractivity contribution in [3.05, 3.63) is 63.6 Å². The maximum Gasteiger partial charge on any atom is 0.430 e. The first-order valence-electron chi connectivity index (χ1n) is 12.1. The summed E-state index contributed by atoms with van der Waals surface area (Å²) in [5.41, 5.74) is -6.88. The zero-order valence-corrected chi connectivity index (χ0v) is 22.6. The molecule has 3 amide bonds. The van der Waals surface area contributed by atoms with Crippen LogP contribution in [-0.4, -0.2) is 47.4 Å². The van der Waals surface area contributed by atoms with E-state index >= 15 is 0 Å². The number of hydrogen-bond donors (Lipinski definition) is 2. The molecule has 2 aromatic carbocycles. The quantitative estimate of drug-likeness (QED) is 0.184. The Morgan fingerprint density at radius 2 is 1.62 bits per heavy atom. The highest BCUT2D eigenvalue weighted by atomic mass is 79.9. The van der Waals surface area contributed by atoms with Crippen molar-refractivity contribution in [2.75, 3.05) is 13.2 Å². The lowest BCUT2D eigenvalue weighted by molar-refractivity contribution is -0.376. The van der Waals surface area contributed by atoms with Crippen molar-refractivity contribution in [2.24, 2.45) is 0 Å². The number of ether oxygens (including phenoxy) is 1. The predicted molar refractivity (Wildman–Crippen MR) is 133 cm³/mol. The number of carbonyl (C=O) groups is 2. The average Bonchev–Trinajstić information content (AvgIpc) is 3.06. The van der Waals surface area contributed by atoms with Crippen LogP contribution in [0.15, 0.2) is 46.9 Å². The van der Waals surface area contributed by atoms with E-state index in [0.29, 0.717) is 37.0 Å². The molecule has 2 N–H and O–H groups in total. The summed E-state index contributed by atoms with van der Waals surface area (Å²) in [5.74, 6) is -0.330. The van der Waals surface area contributed by atoms with Gasteiger partial charge in [-0.3, -0.25) is 9.69 Å². The van der Waals surface area contributed by atoms with E-state index in [0.717, 1.165) is 15.4 Å². The number of benzene rings is 2. The van der Waals surface area contributed by atoms with Gasteiger partial charge >= 0.3 is 18.4 Å². The van der Waals surface area contributed by atoms with E-state index < -0.39 is 41.0 Å². The summed E-state index contributed by atoms with van der Waals surface area (Å²) in [4.78, 5) is 26.6. The maximum atomic E-state index is 13.3. The highest BCUT2D eigenvalue weighted by Gasteiger charge is 2.71. The minimum atomic E-state index is -5.98. The normalized spacial score (nSPS) is 18.5. The lowest BCUT2D eigenvalue weighted by atomic mass is 9.90. The van der Waals surface area contributed by atoms with Crippen molar-refractivity contribution >= 4 is 27.9 Å². The maximum absolute atomic E-state index is 13.3. The molecule has 214 valence electrons. The third-order valence-corrected chi connectivity index (χ3v) is 7.08. The monoisotopic (exact) mass is 624 g/mol. The molecule has 13 heteroatoms. The molecule has 0 aromatic heterocycles. The van der Waals surface area contributed by atoms with Crippen molar-refractivity contribution in [3.8, 4) is 5.75 Å². The van der Waals surface area contributed by atoms with Crippen LogP contribution in [0, 0.1) is 0 Å². The molecule has 0 aliphatic carbocycles. The second-order valence-electron chi connectivity index (χ2n) is 9.35. The van der Waals surface area contributed by atoms with Crippen LogP contribution in [-0.2, 0) is 22.4 Å². The van der Waals surface area contributed by atoms with Crippen LogP contribution in [0.3, 0.4) is 0 Å². The molecular weight excluding hydrogens is 598 g/mol. The van der Waals surface area contributed by atoms with E-state index in [1.807, 2.05) is 0 Å². The first kappa shape index (κ1) is 30.7. The van der Waals surface area contributed by atoms with Crippen LogP contribution in [0.1, 0.15) is 49.8 Å². The molecule has 39 heavy (non-hydrogen) atoms. The summed E-state index contributed by atoms with van der Waals surface area (Å²) in [7, 11) is 0. The molecule has 1 aliphatic rings. The molecular formula is C26H27BrF6N2O4. The number of unbranched alkanes of at least 4 members (excludes halogenated alkanes) is 1. The summed E-state index contributed by atoms with van der Waals surface area (Å²) in [6.45, 7) is 3.42. The van der Waals surface area contributed by atoms with Crippen LogP contribution in [0.4, 0.5) is 31.1 Å². The summed E-state index contributed by atoms with van der Waals surface area (Å²) < 4.78 is 86.1. The lowest BCUT2D eigenvalue weighted by Gasteiger charge is -2.33. The number of nitrogens with zero attached hydrogens (tertiary/aromatic N) is 1. The van der Waals surface area contributed by atoms with Gasteiger partial charge in [0, 0.05) is 16.6 Å². The fourth-order valence-corrected chi connectivity index (χ4v) is 4.60. The number of hydrogen-bond acceptors (Lipinski definition) is 4. The highest BCUT2D eigenvalue weighted by molar-refractivity contribution is 9.10. The van der Waals surface area contributed by atoms with Gasteiger partial charge in [0.2, 0.25) is 0 Å². The minimum absolute atomic E-state index is 0.0342. The Morgan fingerprint density at radius 3 is 2.18 bits per heavy atom. The number of aliphatic hydroxyl groups is 1. The molecule has 0 radical (unpaired) electrons. The van der Waals surface area contributed by atoms with E-state index in [9.17, 15) is 41.0 Å². The molecule has 1 heterocycles. The number of carbonyl (C=O) groups excluding carboxylic acids is 2. The summed E-state index contributed by atoms with van der Waals surface area (Å²) >= 11 is 3.32. The van der Waals surface area contributed by atoms with Crippen molar-refractivity contribution in [1.82, 2.24) is 10.2 Å². The fraction of sp³-hybridized carbons (Fsp3) is 0.462. The van der Waals surface area contributed by atoms with Gasteiger partial charge in [-0.15, -0.1) is 0 Å². The molecule has 1 aliphatic heterocycles. The average molecular weight is 625 g/mol. The van der Waals surface area contributed by atoms with Crippen LogP contribution >= 0.6 is 15.9 Å². The van der Waals surface area contributed by atoms with Gasteiger partial charge in [0.25, 0.3) is 11.5 Å². The smallest absolute Gasteiger partial charge is 0.430 e. The zero-order chi connectivity index (χ0) is 29.2. The van der Waals surface area contributed by atoms with E-state index in [2.05, 4.69) is 21.2 Å². The summed E-state index contributed by atoms with van der Waals surface area (Å²) in [6, 6.07) is 8.60. The van der Waals surface area contributed by atoms with E-state index in [1.165, 1.54) is 0 Å². The summed E-state index contributed by atoms with van der Waals surface area (Å²) in [6.07, 6.45) is -10.8.